The molecule has 2 aliphatic rings. The Morgan fingerprint density at radius 3 is 2.61 bits per heavy atom. The number of morpholine rings is 1. The molecule has 2 fully saturated rings. The molecule has 3 aromatic heterocycles. The molecule has 5 rings (SSSR count). The van der Waals surface area contributed by atoms with E-state index in [-0.39, 0.29) is 18.0 Å². The van der Waals surface area contributed by atoms with Gasteiger partial charge in [-0.15, -0.1) is 11.3 Å². The maximum Gasteiger partial charge on any atom is 0.237 e. The van der Waals surface area contributed by atoms with Crippen LogP contribution in [0.25, 0.3) is 10.2 Å². The quantitative estimate of drug-likeness (QED) is 0.468. The average Bonchev–Trinajstić information content (AvgIpc) is 3.25. The maximum absolute atomic E-state index is 12.2. The number of piperazine rings is 1. The Balaban J connectivity index is 1.21. The van der Waals surface area contributed by atoms with Gasteiger partial charge >= 0.3 is 0 Å². The van der Waals surface area contributed by atoms with Crippen molar-refractivity contribution < 1.29 is 17.9 Å². The highest BCUT2D eigenvalue weighted by molar-refractivity contribution is 7.91. The summed E-state index contributed by atoms with van der Waals surface area (Å²) in [5.41, 5.74) is 7.37. The number of sulfone groups is 1. The van der Waals surface area contributed by atoms with Crippen LogP contribution in [0.3, 0.4) is 0 Å². The van der Waals surface area contributed by atoms with E-state index in [0.717, 1.165) is 28.6 Å². The standard InChI is InChI=1S/C22H28N8O4S2/c1-36(32,33)14-20(31)29-4-2-28(3-5-29)12-16-8-17-19(35-16)11-26-22(27-17)30-6-7-34-18(13-30)15-9-24-21(23)25-10-15/h8-11,18H,2-7,12-14H2,1H3,(H2,23,24,25). The highest BCUT2D eigenvalue weighted by atomic mass is 32.2. The number of nitrogens with zero attached hydrogens (tertiary/aromatic N) is 7. The minimum Gasteiger partial charge on any atom is -0.370 e. The van der Waals surface area contributed by atoms with Crippen LogP contribution >= 0.6 is 11.3 Å². The molecule has 0 aliphatic carbocycles. The first kappa shape index (κ1) is 24.7. The van der Waals surface area contributed by atoms with Crippen LogP contribution in [0.4, 0.5) is 11.9 Å². The van der Waals surface area contributed by atoms with Crippen molar-refractivity contribution in [1.29, 1.82) is 0 Å². The van der Waals surface area contributed by atoms with E-state index < -0.39 is 15.6 Å². The van der Waals surface area contributed by atoms with Gasteiger partial charge in [0.2, 0.25) is 17.8 Å². The molecule has 0 aromatic carbocycles. The van der Waals surface area contributed by atoms with Crippen LogP contribution in [0.15, 0.2) is 24.7 Å². The third-order valence-electron chi connectivity index (χ3n) is 6.21. The summed E-state index contributed by atoms with van der Waals surface area (Å²) in [6.45, 7) is 5.04. The van der Waals surface area contributed by atoms with Gasteiger partial charge in [-0.2, -0.15) is 0 Å². The second-order valence-electron chi connectivity index (χ2n) is 9.04. The van der Waals surface area contributed by atoms with Crippen molar-refractivity contribution in [1.82, 2.24) is 29.7 Å². The third-order valence-corrected chi connectivity index (χ3v) is 8.03. The Hall–Kier alpha value is -2.94. The summed E-state index contributed by atoms with van der Waals surface area (Å²) in [4.78, 5) is 36.9. The first-order chi connectivity index (χ1) is 17.2. The predicted octanol–water partition coefficient (Wildman–Crippen LogP) is 0.330. The monoisotopic (exact) mass is 532 g/mol. The lowest BCUT2D eigenvalue weighted by atomic mass is 10.1. The molecular weight excluding hydrogens is 504 g/mol. The van der Waals surface area contributed by atoms with Crippen LogP contribution in [0.5, 0.6) is 0 Å². The lowest BCUT2D eigenvalue weighted by molar-refractivity contribution is -0.130. The predicted molar refractivity (Wildman–Crippen MR) is 136 cm³/mol. The van der Waals surface area contributed by atoms with Gasteiger partial charge in [0.15, 0.2) is 9.84 Å². The van der Waals surface area contributed by atoms with Crippen LogP contribution in [0.2, 0.25) is 0 Å². The first-order valence-electron chi connectivity index (χ1n) is 11.6. The topological polar surface area (TPSA) is 148 Å². The number of nitrogens with two attached hydrogens (primary N) is 1. The van der Waals surface area contributed by atoms with Crippen molar-refractivity contribution >= 4 is 49.2 Å². The van der Waals surface area contributed by atoms with Gasteiger partial charge in [0, 0.05) is 68.4 Å². The summed E-state index contributed by atoms with van der Waals surface area (Å²) in [6.07, 6.45) is 6.15. The average molecular weight is 533 g/mol. The lowest BCUT2D eigenvalue weighted by Gasteiger charge is -2.34. The summed E-state index contributed by atoms with van der Waals surface area (Å²) in [7, 11) is -3.32. The van der Waals surface area contributed by atoms with Crippen LogP contribution in [-0.2, 0) is 25.9 Å². The molecule has 1 unspecified atom stereocenters. The minimum absolute atomic E-state index is 0.181. The molecule has 0 spiro atoms. The van der Waals surface area contributed by atoms with E-state index in [4.69, 9.17) is 15.5 Å². The molecule has 2 aliphatic heterocycles. The zero-order valence-electron chi connectivity index (χ0n) is 19.9. The smallest absolute Gasteiger partial charge is 0.237 e. The van der Waals surface area contributed by atoms with Gasteiger partial charge in [-0.05, 0) is 6.07 Å². The van der Waals surface area contributed by atoms with Gasteiger partial charge in [-0.3, -0.25) is 9.69 Å². The summed E-state index contributed by atoms with van der Waals surface area (Å²) in [5.74, 6) is 0.142. The summed E-state index contributed by atoms with van der Waals surface area (Å²) >= 11 is 1.66. The summed E-state index contributed by atoms with van der Waals surface area (Å²) in [6, 6.07) is 2.10. The molecule has 36 heavy (non-hydrogen) atoms. The van der Waals surface area contributed by atoms with Crippen LogP contribution in [0, 0.1) is 0 Å². The maximum atomic E-state index is 12.2. The van der Waals surface area contributed by atoms with Crippen LogP contribution < -0.4 is 10.6 Å². The number of carbonyl (C=O) groups excluding carboxylic acids is 1. The highest BCUT2D eigenvalue weighted by Crippen LogP contribution is 2.29. The Bertz CT molecular complexity index is 1340. The van der Waals surface area contributed by atoms with E-state index in [0.29, 0.717) is 51.8 Å². The van der Waals surface area contributed by atoms with E-state index in [1.807, 2.05) is 6.20 Å². The number of ether oxygens (including phenoxy) is 1. The normalized spacial score (nSPS) is 19.6. The Morgan fingerprint density at radius 1 is 1.14 bits per heavy atom. The van der Waals surface area contributed by atoms with Crippen LogP contribution in [-0.4, -0.2) is 102 Å². The van der Waals surface area contributed by atoms with Crippen molar-refractivity contribution in [2.75, 3.05) is 68.5 Å². The number of nitrogen functional groups attached to an aromatic ring is 1. The molecule has 192 valence electrons. The van der Waals surface area contributed by atoms with Crippen molar-refractivity contribution in [3.05, 3.63) is 35.1 Å². The fourth-order valence-electron chi connectivity index (χ4n) is 4.35. The number of fused-ring (bicyclic) bond motifs is 1. The molecule has 1 amide bonds. The van der Waals surface area contributed by atoms with Gasteiger partial charge in [-0.1, -0.05) is 0 Å². The fraction of sp³-hybridized carbons (Fsp3) is 0.500. The van der Waals surface area contributed by atoms with Gasteiger partial charge in [0.1, 0.15) is 11.9 Å². The fourth-order valence-corrected chi connectivity index (χ4v) is 5.99. The van der Waals surface area contributed by atoms with Crippen molar-refractivity contribution in [2.45, 2.75) is 12.6 Å². The Kier molecular flexibility index (Phi) is 7.01. The Labute approximate surface area is 213 Å². The molecule has 1 atom stereocenters. The number of rotatable bonds is 6. The second-order valence-corrected chi connectivity index (χ2v) is 12.3. The number of carbonyl (C=O) groups is 1. The molecular formula is C22H28N8O4S2. The van der Waals surface area contributed by atoms with E-state index in [1.54, 1.807) is 28.6 Å². The largest absolute Gasteiger partial charge is 0.370 e. The van der Waals surface area contributed by atoms with Gasteiger partial charge < -0.3 is 20.3 Å². The zero-order chi connectivity index (χ0) is 25.3. The summed E-state index contributed by atoms with van der Waals surface area (Å²) in [5, 5.41) is 0. The van der Waals surface area contributed by atoms with E-state index in [9.17, 15) is 13.2 Å². The van der Waals surface area contributed by atoms with Crippen LogP contribution in [0.1, 0.15) is 16.5 Å². The number of anilines is 2. The number of thiophene rings is 1. The zero-order valence-corrected chi connectivity index (χ0v) is 21.5. The molecule has 0 radical (unpaired) electrons. The molecule has 5 heterocycles. The molecule has 12 nitrogen and oxygen atoms in total. The number of amides is 1. The molecule has 0 bridgehead atoms. The lowest BCUT2D eigenvalue weighted by Crippen LogP contribution is -2.49. The molecule has 0 saturated carbocycles. The second kappa shape index (κ2) is 10.2. The SMILES string of the molecule is CS(=O)(=O)CC(=O)N1CCN(Cc2cc3nc(N4CCOC(c5cnc(N)nc5)C4)ncc3s2)CC1. The van der Waals surface area contributed by atoms with Crippen molar-refractivity contribution in [3.63, 3.8) is 0 Å². The summed E-state index contributed by atoms with van der Waals surface area (Å²) < 4.78 is 29.7. The highest BCUT2D eigenvalue weighted by Gasteiger charge is 2.26. The van der Waals surface area contributed by atoms with E-state index in [2.05, 4.69) is 30.8 Å². The number of aromatic nitrogens is 4. The number of hydrogen-bond donors (Lipinski definition) is 1. The van der Waals surface area contributed by atoms with Crippen molar-refractivity contribution in [3.8, 4) is 0 Å². The minimum atomic E-state index is -3.32. The molecule has 2 saturated heterocycles. The third kappa shape index (κ3) is 5.88. The van der Waals surface area contributed by atoms with Crippen molar-refractivity contribution in [2.24, 2.45) is 0 Å². The number of hydrogen-bond acceptors (Lipinski definition) is 12. The Morgan fingerprint density at radius 2 is 1.89 bits per heavy atom. The van der Waals surface area contributed by atoms with E-state index >= 15 is 0 Å². The first-order valence-corrected chi connectivity index (χ1v) is 14.5. The molecule has 14 heteroatoms. The van der Waals surface area contributed by atoms with E-state index in [1.165, 1.54) is 4.88 Å². The molecule has 3 aromatic rings. The van der Waals surface area contributed by atoms with Gasteiger partial charge in [-0.25, -0.2) is 28.4 Å². The van der Waals surface area contributed by atoms with Gasteiger partial charge in [0.05, 0.1) is 29.6 Å². The molecule has 2 N–H and O–H groups in total. The van der Waals surface area contributed by atoms with Gasteiger partial charge in [0.25, 0.3) is 0 Å².